The van der Waals surface area contributed by atoms with E-state index < -0.39 is 0 Å². The third-order valence-corrected chi connectivity index (χ3v) is 3.44. The van der Waals surface area contributed by atoms with Crippen LogP contribution in [0.2, 0.25) is 5.02 Å². The first-order valence-electron chi connectivity index (χ1n) is 6.80. The smallest absolute Gasteiger partial charge is 0.193 e. The van der Waals surface area contributed by atoms with Crippen LogP contribution >= 0.6 is 11.6 Å². The molecule has 0 amide bonds. The molecule has 2 N–H and O–H groups in total. The molecule has 20 heavy (non-hydrogen) atoms. The first kappa shape index (κ1) is 14.6. The Labute approximate surface area is 124 Å². The average molecular weight is 288 g/mol. The second-order valence-electron chi connectivity index (χ2n) is 4.90. The SMILES string of the molecule is CCCCc1ccc(C(=O)c2cc(N)cc(Cl)c2)cc1. The van der Waals surface area contributed by atoms with E-state index in [0.717, 1.165) is 12.8 Å². The molecule has 2 rings (SSSR count). The molecular formula is C17H18ClNO. The lowest BCUT2D eigenvalue weighted by atomic mass is 10.00. The maximum Gasteiger partial charge on any atom is 0.193 e. The third kappa shape index (κ3) is 3.61. The van der Waals surface area contributed by atoms with Gasteiger partial charge in [-0.3, -0.25) is 4.79 Å². The van der Waals surface area contributed by atoms with Gasteiger partial charge in [0.05, 0.1) is 0 Å². The second kappa shape index (κ2) is 6.58. The number of unbranched alkanes of at least 4 members (excludes halogenated alkanes) is 1. The highest BCUT2D eigenvalue weighted by Gasteiger charge is 2.10. The van der Waals surface area contributed by atoms with E-state index in [2.05, 4.69) is 6.92 Å². The molecule has 3 heteroatoms. The van der Waals surface area contributed by atoms with Crippen molar-refractivity contribution in [3.8, 4) is 0 Å². The fourth-order valence-corrected chi connectivity index (χ4v) is 2.36. The highest BCUT2D eigenvalue weighted by molar-refractivity contribution is 6.31. The summed E-state index contributed by atoms with van der Waals surface area (Å²) in [5.41, 5.74) is 8.66. The minimum atomic E-state index is -0.0544. The molecule has 0 unspecified atom stereocenters. The number of carbonyl (C=O) groups excluding carboxylic acids is 1. The van der Waals surface area contributed by atoms with E-state index in [1.165, 1.54) is 12.0 Å². The fraction of sp³-hybridized carbons (Fsp3) is 0.235. The van der Waals surface area contributed by atoms with Gasteiger partial charge in [0.1, 0.15) is 0 Å². The molecule has 104 valence electrons. The highest BCUT2D eigenvalue weighted by Crippen LogP contribution is 2.20. The number of hydrogen-bond donors (Lipinski definition) is 1. The molecule has 0 spiro atoms. The van der Waals surface area contributed by atoms with Crippen LogP contribution in [0.3, 0.4) is 0 Å². The van der Waals surface area contributed by atoms with Crippen LogP contribution < -0.4 is 5.73 Å². The predicted octanol–water partition coefficient (Wildman–Crippen LogP) is 4.50. The van der Waals surface area contributed by atoms with Crippen molar-refractivity contribution in [1.29, 1.82) is 0 Å². The van der Waals surface area contributed by atoms with Gasteiger partial charge in [0, 0.05) is 21.8 Å². The Bertz CT molecular complexity index is 585. The van der Waals surface area contributed by atoms with E-state index in [9.17, 15) is 4.79 Å². The standard InChI is InChI=1S/C17H18ClNO/c1-2-3-4-12-5-7-13(8-6-12)17(20)14-9-15(18)11-16(19)10-14/h5-11H,2-4,19H2,1H3. The molecule has 0 saturated carbocycles. The molecule has 0 radical (unpaired) electrons. The molecule has 0 heterocycles. The number of carbonyl (C=O) groups is 1. The number of rotatable bonds is 5. The minimum Gasteiger partial charge on any atom is -0.399 e. The zero-order valence-electron chi connectivity index (χ0n) is 11.5. The van der Waals surface area contributed by atoms with Crippen LogP contribution in [0.4, 0.5) is 5.69 Å². The van der Waals surface area contributed by atoms with Gasteiger partial charge in [-0.1, -0.05) is 49.2 Å². The second-order valence-corrected chi connectivity index (χ2v) is 5.34. The summed E-state index contributed by atoms with van der Waals surface area (Å²) in [6.07, 6.45) is 3.38. The summed E-state index contributed by atoms with van der Waals surface area (Å²) < 4.78 is 0. The predicted molar refractivity (Wildman–Crippen MR) is 84.4 cm³/mol. The van der Waals surface area contributed by atoms with Crippen LogP contribution in [0.15, 0.2) is 42.5 Å². The topological polar surface area (TPSA) is 43.1 Å². The summed E-state index contributed by atoms with van der Waals surface area (Å²) in [5, 5.41) is 0.480. The molecule has 2 aromatic carbocycles. The Kier molecular flexibility index (Phi) is 4.80. The molecule has 0 atom stereocenters. The van der Waals surface area contributed by atoms with Crippen molar-refractivity contribution in [2.75, 3.05) is 5.73 Å². The van der Waals surface area contributed by atoms with E-state index in [1.807, 2.05) is 24.3 Å². The van der Waals surface area contributed by atoms with Crippen molar-refractivity contribution in [2.45, 2.75) is 26.2 Å². The molecule has 2 nitrogen and oxygen atoms in total. The molecule has 0 aliphatic carbocycles. The van der Waals surface area contributed by atoms with Crippen molar-refractivity contribution in [3.05, 3.63) is 64.2 Å². The number of nitrogens with two attached hydrogens (primary N) is 1. The Balaban J connectivity index is 2.20. The van der Waals surface area contributed by atoms with Crippen molar-refractivity contribution in [3.63, 3.8) is 0 Å². The summed E-state index contributed by atoms with van der Waals surface area (Å²) in [7, 11) is 0. The van der Waals surface area contributed by atoms with Crippen molar-refractivity contribution >= 4 is 23.1 Å². The molecule has 0 aliphatic rings. The van der Waals surface area contributed by atoms with Crippen molar-refractivity contribution in [2.24, 2.45) is 0 Å². The quantitative estimate of drug-likeness (QED) is 0.650. The molecule has 0 aromatic heterocycles. The Morgan fingerprint density at radius 2 is 1.80 bits per heavy atom. The normalized spacial score (nSPS) is 10.5. The van der Waals surface area contributed by atoms with Gasteiger partial charge in [-0.2, -0.15) is 0 Å². The molecule has 0 fully saturated rings. The van der Waals surface area contributed by atoms with Gasteiger partial charge in [0.2, 0.25) is 0 Å². The van der Waals surface area contributed by atoms with Crippen LogP contribution in [-0.4, -0.2) is 5.78 Å². The van der Waals surface area contributed by atoms with Crippen LogP contribution in [0, 0.1) is 0 Å². The average Bonchev–Trinajstić information content (AvgIpc) is 2.44. The largest absolute Gasteiger partial charge is 0.399 e. The number of halogens is 1. The number of aryl methyl sites for hydroxylation is 1. The van der Waals surface area contributed by atoms with Gasteiger partial charge in [-0.15, -0.1) is 0 Å². The molecule has 0 bridgehead atoms. The molecule has 2 aromatic rings. The van der Waals surface area contributed by atoms with Crippen molar-refractivity contribution in [1.82, 2.24) is 0 Å². The molecule has 0 aliphatic heterocycles. The summed E-state index contributed by atoms with van der Waals surface area (Å²) >= 11 is 5.93. The van der Waals surface area contributed by atoms with E-state index in [0.29, 0.717) is 21.8 Å². The van der Waals surface area contributed by atoms with Gasteiger partial charge < -0.3 is 5.73 Å². The lowest BCUT2D eigenvalue weighted by molar-refractivity contribution is 0.103. The maximum absolute atomic E-state index is 12.4. The summed E-state index contributed by atoms with van der Waals surface area (Å²) in [5.74, 6) is -0.0544. The van der Waals surface area contributed by atoms with E-state index in [-0.39, 0.29) is 5.78 Å². The Hall–Kier alpha value is -1.80. The van der Waals surface area contributed by atoms with Gasteiger partial charge in [-0.25, -0.2) is 0 Å². The lowest BCUT2D eigenvalue weighted by Gasteiger charge is -2.05. The van der Waals surface area contributed by atoms with E-state index >= 15 is 0 Å². The van der Waals surface area contributed by atoms with E-state index in [1.54, 1.807) is 18.2 Å². The first-order chi connectivity index (χ1) is 9.60. The van der Waals surface area contributed by atoms with E-state index in [4.69, 9.17) is 17.3 Å². The van der Waals surface area contributed by atoms with Gasteiger partial charge in [-0.05, 0) is 36.6 Å². The zero-order chi connectivity index (χ0) is 14.5. The fourth-order valence-electron chi connectivity index (χ4n) is 2.11. The number of ketones is 1. The Morgan fingerprint density at radius 1 is 1.10 bits per heavy atom. The number of anilines is 1. The van der Waals surface area contributed by atoms with Crippen molar-refractivity contribution < 1.29 is 4.79 Å². The Morgan fingerprint density at radius 3 is 2.40 bits per heavy atom. The van der Waals surface area contributed by atoms with Crippen LogP contribution in [0.5, 0.6) is 0 Å². The lowest BCUT2D eigenvalue weighted by Crippen LogP contribution is -2.02. The molecular weight excluding hydrogens is 270 g/mol. The number of hydrogen-bond acceptors (Lipinski definition) is 2. The van der Waals surface area contributed by atoms with Gasteiger partial charge in [0.25, 0.3) is 0 Å². The summed E-state index contributed by atoms with van der Waals surface area (Å²) in [6, 6.07) is 12.7. The zero-order valence-corrected chi connectivity index (χ0v) is 12.3. The monoisotopic (exact) mass is 287 g/mol. The van der Waals surface area contributed by atoms with Crippen LogP contribution in [-0.2, 0) is 6.42 Å². The summed E-state index contributed by atoms with van der Waals surface area (Å²) in [6.45, 7) is 2.17. The summed E-state index contributed by atoms with van der Waals surface area (Å²) in [4.78, 5) is 12.4. The van der Waals surface area contributed by atoms with Crippen LogP contribution in [0.1, 0.15) is 41.3 Å². The van der Waals surface area contributed by atoms with Crippen LogP contribution in [0.25, 0.3) is 0 Å². The number of nitrogen functional groups attached to an aromatic ring is 1. The maximum atomic E-state index is 12.4. The highest BCUT2D eigenvalue weighted by atomic mass is 35.5. The minimum absolute atomic E-state index is 0.0544. The molecule has 0 saturated heterocycles. The first-order valence-corrected chi connectivity index (χ1v) is 7.17. The number of benzene rings is 2. The van der Waals surface area contributed by atoms with Gasteiger partial charge >= 0.3 is 0 Å². The van der Waals surface area contributed by atoms with Gasteiger partial charge in [0.15, 0.2) is 5.78 Å². The third-order valence-electron chi connectivity index (χ3n) is 3.22.